The van der Waals surface area contributed by atoms with Crippen molar-refractivity contribution in [3.8, 4) is 5.75 Å². The highest BCUT2D eigenvalue weighted by molar-refractivity contribution is 6.01. The Morgan fingerprint density at radius 2 is 1.81 bits per heavy atom. The number of aromatic nitrogens is 2. The SMILES string of the molecule is CC1(C)CC(=O)C2=C(C1)Nc1[nH][nH]c(=O)c1C2c1cccc(OCc2ccccc2)c1. The van der Waals surface area contributed by atoms with Gasteiger partial charge in [-0.15, -0.1) is 0 Å². The van der Waals surface area contributed by atoms with Gasteiger partial charge in [0.05, 0.1) is 5.56 Å². The van der Waals surface area contributed by atoms with Crippen LogP contribution < -0.4 is 15.6 Å². The minimum atomic E-state index is -0.426. The summed E-state index contributed by atoms with van der Waals surface area (Å²) in [4.78, 5) is 25.9. The highest BCUT2D eigenvalue weighted by Gasteiger charge is 2.42. The molecule has 0 spiro atoms. The number of aromatic amines is 2. The van der Waals surface area contributed by atoms with E-state index < -0.39 is 5.92 Å². The van der Waals surface area contributed by atoms with E-state index in [4.69, 9.17) is 4.74 Å². The van der Waals surface area contributed by atoms with Gasteiger partial charge < -0.3 is 10.1 Å². The van der Waals surface area contributed by atoms with E-state index in [9.17, 15) is 9.59 Å². The minimum Gasteiger partial charge on any atom is -0.489 e. The van der Waals surface area contributed by atoms with Gasteiger partial charge in [0.25, 0.3) is 5.56 Å². The van der Waals surface area contributed by atoms with Gasteiger partial charge in [-0.3, -0.25) is 19.8 Å². The zero-order valence-corrected chi connectivity index (χ0v) is 17.6. The Morgan fingerprint density at radius 1 is 1.00 bits per heavy atom. The number of rotatable bonds is 4. The molecule has 3 aromatic rings. The van der Waals surface area contributed by atoms with Gasteiger partial charge in [-0.1, -0.05) is 56.3 Å². The van der Waals surface area contributed by atoms with Gasteiger partial charge in [-0.05, 0) is 35.1 Å². The number of ketones is 1. The largest absolute Gasteiger partial charge is 0.489 e. The molecule has 0 radical (unpaired) electrons. The van der Waals surface area contributed by atoms with E-state index >= 15 is 0 Å². The van der Waals surface area contributed by atoms with E-state index in [2.05, 4.69) is 29.4 Å². The molecule has 2 heterocycles. The number of Topliss-reactive ketones (excluding diaryl/α,β-unsaturated/α-hetero) is 1. The third-order valence-corrected chi connectivity index (χ3v) is 6.03. The Balaban J connectivity index is 1.55. The molecule has 158 valence electrons. The average molecular weight is 415 g/mol. The molecule has 0 bridgehead atoms. The lowest BCUT2D eigenvalue weighted by Crippen LogP contribution is -2.35. The smallest absolute Gasteiger partial charge is 0.270 e. The van der Waals surface area contributed by atoms with Crippen LogP contribution in [0.15, 0.2) is 70.7 Å². The molecule has 1 atom stereocenters. The first kappa shape index (κ1) is 19.4. The number of H-pyrrole nitrogens is 2. The van der Waals surface area contributed by atoms with Gasteiger partial charge in [-0.2, -0.15) is 0 Å². The number of benzene rings is 2. The number of ether oxygens (including phenoxy) is 1. The van der Waals surface area contributed by atoms with E-state index in [1.165, 1.54) is 0 Å². The second-order valence-corrected chi connectivity index (χ2v) is 9.11. The minimum absolute atomic E-state index is 0.0885. The van der Waals surface area contributed by atoms with Crippen molar-refractivity contribution in [3.05, 3.63) is 92.9 Å². The predicted octanol–water partition coefficient (Wildman–Crippen LogP) is 4.48. The van der Waals surface area contributed by atoms with E-state index in [0.717, 1.165) is 23.2 Å². The van der Waals surface area contributed by atoms with Crippen LogP contribution in [0.25, 0.3) is 0 Å². The summed E-state index contributed by atoms with van der Waals surface area (Å²) in [6.45, 7) is 4.64. The number of fused-ring (bicyclic) bond motifs is 1. The van der Waals surface area contributed by atoms with Gasteiger partial charge in [0.1, 0.15) is 18.2 Å². The lowest BCUT2D eigenvalue weighted by Gasteiger charge is -2.37. The molecule has 0 saturated heterocycles. The maximum absolute atomic E-state index is 13.2. The van der Waals surface area contributed by atoms with Crippen LogP contribution in [-0.2, 0) is 11.4 Å². The van der Waals surface area contributed by atoms with Gasteiger partial charge >= 0.3 is 0 Å². The third-order valence-electron chi connectivity index (χ3n) is 6.03. The van der Waals surface area contributed by atoms with Crippen molar-refractivity contribution in [3.63, 3.8) is 0 Å². The number of allylic oxidation sites excluding steroid dienone is 2. The van der Waals surface area contributed by atoms with Gasteiger partial charge in [0.15, 0.2) is 5.78 Å². The number of hydrogen-bond donors (Lipinski definition) is 3. The van der Waals surface area contributed by atoms with Crippen LogP contribution in [-0.4, -0.2) is 16.0 Å². The van der Waals surface area contributed by atoms with Crippen LogP contribution in [0.3, 0.4) is 0 Å². The zero-order valence-electron chi connectivity index (χ0n) is 17.6. The molecule has 0 saturated carbocycles. The molecular formula is C25H25N3O3. The second-order valence-electron chi connectivity index (χ2n) is 9.11. The Kier molecular flexibility index (Phi) is 4.58. The summed E-state index contributed by atoms with van der Waals surface area (Å²) in [7, 11) is 0. The Hall–Kier alpha value is -3.54. The molecule has 3 N–H and O–H groups in total. The van der Waals surface area contributed by atoms with Crippen LogP contribution in [0.4, 0.5) is 5.82 Å². The lowest BCUT2D eigenvalue weighted by atomic mass is 9.69. The fourth-order valence-corrected chi connectivity index (χ4v) is 4.68. The second kappa shape index (κ2) is 7.30. The molecule has 2 aromatic carbocycles. The number of anilines is 1. The van der Waals surface area contributed by atoms with Gasteiger partial charge in [-0.25, -0.2) is 0 Å². The van der Waals surface area contributed by atoms with Crippen molar-refractivity contribution in [2.24, 2.45) is 5.41 Å². The van der Waals surface area contributed by atoms with Crippen LogP contribution in [0.1, 0.15) is 49.3 Å². The quantitative estimate of drug-likeness (QED) is 0.586. The maximum Gasteiger partial charge on any atom is 0.270 e. The summed E-state index contributed by atoms with van der Waals surface area (Å²) in [6.07, 6.45) is 1.22. The summed E-state index contributed by atoms with van der Waals surface area (Å²) >= 11 is 0. The molecule has 6 nitrogen and oxygen atoms in total. The third kappa shape index (κ3) is 3.58. The Labute approximate surface area is 180 Å². The molecule has 5 rings (SSSR count). The monoisotopic (exact) mass is 415 g/mol. The van der Waals surface area contributed by atoms with Crippen LogP contribution in [0.2, 0.25) is 0 Å². The first-order valence-corrected chi connectivity index (χ1v) is 10.5. The molecule has 1 aliphatic carbocycles. The Morgan fingerprint density at radius 3 is 2.61 bits per heavy atom. The van der Waals surface area contributed by atoms with E-state index in [1.54, 1.807) is 0 Å². The zero-order chi connectivity index (χ0) is 21.6. The normalized spacial score (nSPS) is 19.4. The number of carbonyl (C=O) groups excluding carboxylic acids is 1. The highest BCUT2D eigenvalue weighted by atomic mass is 16.5. The fraction of sp³-hybridized carbons (Fsp3) is 0.280. The molecule has 1 aliphatic heterocycles. The fourth-order valence-electron chi connectivity index (χ4n) is 4.68. The van der Waals surface area contributed by atoms with Crippen molar-refractivity contribution in [1.82, 2.24) is 10.2 Å². The molecule has 6 heteroatoms. The average Bonchev–Trinajstić information content (AvgIpc) is 3.11. The lowest BCUT2D eigenvalue weighted by molar-refractivity contribution is -0.118. The molecule has 31 heavy (non-hydrogen) atoms. The topological polar surface area (TPSA) is 87.0 Å². The van der Waals surface area contributed by atoms with Crippen molar-refractivity contribution in [1.29, 1.82) is 0 Å². The predicted molar refractivity (Wildman–Crippen MR) is 119 cm³/mol. The number of carbonyl (C=O) groups is 1. The summed E-state index contributed by atoms with van der Waals surface area (Å²) in [5.74, 6) is 1.00. The summed E-state index contributed by atoms with van der Waals surface area (Å²) in [6, 6.07) is 17.7. The Bertz CT molecular complexity index is 1230. The molecular weight excluding hydrogens is 390 g/mol. The summed E-state index contributed by atoms with van der Waals surface area (Å²) in [5, 5.41) is 8.92. The maximum atomic E-state index is 13.2. The van der Waals surface area contributed by atoms with Crippen molar-refractivity contribution in [2.45, 2.75) is 39.2 Å². The van der Waals surface area contributed by atoms with E-state index in [1.807, 2.05) is 54.6 Å². The standard InChI is InChI=1S/C25H25N3O3/c1-25(2)12-18-21(19(29)13-25)20(22-23(26-18)27-28-24(22)30)16-9-6-10-17(11-16)31-14-15-7-4-3-5-8-15/h3-11,20H,12-14H2,1-2H3,(H3,26,27,28,30). The molecule has 2 aliphatic rings. The molecule has 1 aromatic heterocycles. The van der Waals surface area contributed by atoms with Gasteiger partial charge in [0, 0.05) is 23.6 Å². The van der Waals surface area contributed by atoms with Crippen LogP contribution in [0.5, 0.6) is 5.75 Å². The van der Waals surface area contributed by atoms with Crippen LogP contribution >= 0.6 is 0 Å². The highest BCUT2D eigenvalue weighted by Crippen LogP contribution is 2.47. The molecule has 0 fully saturated rings. The number of hydrogen-bond acceptors (Lipinski definition) is 4. The van der Waals surface area contributed by atoms with E-state index in [-0.39, 0.29) is 16.8 Å². The number of nitrogens with one attached hydrogen (secondary N) is 3. The van der Waals surface area contributed by atoms with Crippen molar-refractivity contribution < 1.29 is 9.53 Å². The van der Waals surface area contributed by atoms with Crippen molar-refractivity contribution >= 4 is 11.6 Å². The molecule has 1 unspecified atom stereocenters. The summed E-state index contributed by atoms with van der Waals surface area (Å²) in [5.41, 5.74) is 3.75. The summed E-state index contributed by atoms with van der Waals surface area (Å²) < 4.78 is 6.01. The first-order valence-electron chi connectivity index (χ1n) is 10.5. The van der Waals surface area contributed by atoms with E-state index in [0.29, 0.717) is 35.7 Å². The molecule has 0 amide bonds. The van der Waals surface area contributed by atoms with Crippen LogP contribution in [0, 0.1) is 5.41 Å². The van der Waals surface area contributed by atoms with Crippen molar-refractivity contribution in [2.75, 3.05) is 5.32 Å². The van der Waals surface area contributed by atoms with Gasteiger partial charge in [0.2, 0.25) is 0 Å². The first-order chi connectivity index (χ1) is 14.9.